The van der Waals surface area contributed by atoms with Crippen LogP contribution in [0.2, 0.25) is 0 Å². The van der Waals surface area contributed by atoms with E-state index < -0.39 is 24.0 Å². The van der Waals surface area contributed by atoms with Crippen LogP contribution in [0.25, 0.3) is 0 Å². The largest absolute Gasteiger partial charge is 0.486 e. The van der Waals surface area contributed by atoms with Crippen LogP contribution in [0.15, 0.2) is 18.2 Å². The molecule has 1 fully saturated rings. The van der Waals surface area contributed by atoms with Crippen LogP contribution in [0.3, 0.4) is 0 Å². The lowest BCUT2D eigenvalue weighted by atomic mass is 9.95. The summed E-state index contributed by atoms with van der Waals surface area (Å²) in [5, 5.41) is 9.11. The van der Waals surface area contributed by atoms with Crippen molar-refractivity contribution < 1.29 is 28.9 Å². The van der Waals surface area contributed by atoms with Crippen molar-refractivity contribution in [2.75, 3.05) is 13.2 Å². The van der Waals surface area contributed by atoms with E-state index in [0.717, 1.165) is 0 Å². The van der Waals surface area contributed by atoms with E-state index in [9.17, 15) is 9.59 Å². The van der Waals surface area contributed by atoms with Crippen LogP contribution in [0.1, 0.15) is 18.1 Å². The number of carboxylic acids is 1. The van der Waals surface area contributed by atoms with Gasteiger partial charge in [0.2, 0.25) is 0 Å². The first kappa shape index (κ1) is 11.8. The van der Waals surface area contributed by atoms with Gasteiger partial charge in [-0.05, 0) is 17.7 Å². The molecule has 2 aliphatic rings. The van der Waals surface area contributed by atoms with Crippen molar-refractivity contribution in [3.8, 4) is 11.5 Å². The van der Waals surface area contributed by atoms with E-state index in [2.05, 4.69) is 0 Å². The molecule has 19 heavy (non-hydrogen) atoms. The predicted molar refractivity (Wildman–Crippen MR) is 62.0 cm³/mol. The average molecular weight is 264 g/mol. The summed E-state index contributed by atoms with van der Waals surface area (Å²) < 4.78 is 15.9. The molecule has 1 aromatic rings. The maximum atomic E-state index is 11.3. The van der Waals surface area contributed by atoms with E-state index in [4.69, 9.17) is 19.3 Å². The molecule has 0 radical (unpaired) electrons. The highest BCUT2D eigenvalue weighted by Gasteiger charge is 2.41. The molecule has 2 atom stereocenters. The second-order valence-electron chi connectivity index (χ2n) is 4.46. The molecule has 1 N–H and O–H groups in total. The SMILES string of the molecule is O=C1C[C@@H](C(=O)O)[C@@H](c2ccc3c(c2)OCCO3)O1. The van der Waals surface area contributed by atoms with Gasteiger partial charge in [-0.2, -0.15) is 0 Å². The number of carbonyl (C=O) groups excluding carboxylic acids is 1. The molecule has 2 heterocycles. The molecule has 0 aliphatic carbocycles. The summed E-state index contributed by atoms with van der Waals surface area (Å²) in [5.74, 6) is -1.21. The number of cyclic esters (lactones) is 1. The smallest absolute Gasteiger partial charge is 0.311 e. The number of aliphatic carboxylic acids is 1. The van der Waals surface area contributed by atoms with E-state index in [1.807, 2.05) is 0 Å². The van der Waals surface area contributed by atoms with Crippen LogP contribution in [-0.4, -0.2) is 30.3 Å². The van der Waals surface area contributed by atoms with Crippen LogP contribution < -0.4 is 9.47 Å². The van der Waals surface area contributed by atoms with Crippen molar-refractivity contribution >= 4 is 11.9 Å². The van der Waals surface area contributed by atoms with Gasteiger partial charge in [-0.15, -0.1) is 0 Å². The van der Waals surface area contributed by atoms with Gasteiger partial charge >= 0.3 is 11.9 Å². The highest BCUT2D eigenvalue weighted by Crippen LogP contribution is 2.39. The van der Waals surface area contributed by atoms with Crippen molar-refractivity contribution in [3.05, 3.63) is 23.8 Å². The molecule has 0 spiro atoms. The minimum Gasteiger partial charge on any atom is -0.486 e. The van der Waals surface area contributed by atoms with E-state index in [-0.39, 0.29) is 6.42 Å². The van der Waals surface area contributed by atoms with Crippen LogP contribution in [0.5, 0.6) is 11.5 Å². The van der Waals surface area contributed by atoms with Gasteiger partial charge in [-0.25, -0.2) is 0 Å². The number of rotatable bonds is 2. The molecule has 6 nitrogen and oxygen atoms in total. The summed E-state index contributed by atoms with van der Waals surface area (Å²) in [6, 6.07) is 5.08. The van der Waals surface area contributed by atoms with E-state index >= 15 is 0 Å². The first-order valence-corrected chi connectivity index (χ1v) is 5.97. The number of benzene rings is 1. The summed E-state index contributed by atoms with van der Waals surface area (Å²) in [7, 11) is 0. The Hall–Kier alpha value is -2.24. The number of ether oxygens (including phenoxy) is 3. The fourth-order valence-corrected chi connectivity index (χ4v) is 2.31. The van der Waals surface area contributed by atoms with Crippen LogP contribution in [-0.2, 0) is 14.3 Å². The Kier molecular flexibility index (Phi) is 2.77. The fourth-order valence-electron chi connectivity index (χ4n) is 2.31. The third kappa shape index (κ3) is 2.09. The molecule has 0 bridgehead atoms. The molecular weight excluding hydrogens is 252 g/mol. The first-order valence-electron chi connectivity index (χ1n) is 5.97. The van der Waals surface area contributed by atoms with Gasteiger partial charge in [-0.1, -0.05) is 6.07 Å². The molecular formula is C13H12O6. The topological polar surface area (TPSA) is 82.1 Å². The lowest BCUT2D eigenvalue weighted by Crippen LogP contribution is -2.19. The Balaban J connectivity index is 1.93. The maximum Gasteiger partial charge on any atom is 0.311 e. The molecule has 0 unspecified atom stereocenters. The van der Waals surface area contributed by atoms with Crippen molar-refractivity contribution in [3.63, 3.8) is 0 Å². The average Bonchev–Trinajstić information content (AvgIpc) is 2.80. The molecule has 0 aromatic heterocycles. The van der Waals surface area contributed by atoms with Crippen molar-refractivity contribution in [2.24, 2.45) is 5.92 Å². The van der Waals surface area contributed by atoms with E-state index in [0.29, 0.717) is 30.3 Å². The highest BCUT2D eigenvalue weighted by molar-refractivity contribution is 5.82. The van der Waals surface area contributed by atoms with Gasteiger partial charge in [0.25, 0.3) is 0 Å². The molecule has 0 amide bonds. The normalized spacial score (nSPS) is 24.9. The number of hydrogen-bond acceptors (Lipinski definition) is 5. The molecule has 1 aromatic carbocycles. The Labute approximate surface area is 108 Å². The van der Waals surface area contributed by atoms with Crippen molar-refractivity contribution in [1.29, 1.82) is 0 Å². The molecule has 3 rings (SSSR count). The van der Waals surface area contributed by atoms with Crippen LogP contribution in [0.4, 0.5) is 0 Å². The Morgan fingerprint density at radius 3 is 2.68 bits per heavy atom. The predicted octanol–water partition coefficient (Wildman–Crippen LogP) is 1.15. The number of fused-ring (bicyclic) bond motifs is 1. The summed E-state index contributed by atoms with van der Waals surface area (Å²) in [6.45, 7) is 0.936. The summed E-state index contributed by atoms with van der Waals surface area (Å²) in [6.07, 6.45) is -0.866. The highest BCUT2D eigenvalue weighted by atomic mass is 16.6. The fraction of sp³-hybridized carbons (Fsp3) is 0.385. The number of carbonyl (C=O) groups is 2. The van der Waals surface area contributed by atoms with Gasteiger partial charge in [-0.3, -0.25) is 9.59 Å². The second kappa shape index (κ2) is 4.46. The number of carboxylic acid groups (broad SMARTS) is 1. The van der Waals surface area contributed by atoms with Crippen molar-refractivity contribution in [2.45, 2.75) is 12.5 Å². The molecule has 100 valence electrons. The van der Waals surface area contributed by atoms with Crippen molar-refractivity contribution in [1.82, 2.24) is 0 Å². The lowest BCUT2D eigenvalue weighted by molar-refractivity contribution is -0.144. The van der Waals surface area contributed by atoms with Gasteiger partial charge in [0.05, 0.1) is 6.42 Å². The monoisotopic (exact) mass is 264 g/mol. The number of hydrogen-bond donors (Lipinski definition) is 1. The van der Waals surface area contributed by atoms with Gasteiger partial charge < -0.3 is 19.3 Å². The Morgan fingerprint density at radius 1 is 1.21 bits per heavy atom. The molecule has 2 aliphatic heterocycles. The zero-order valence-electron chi connectivity index (χ0n) is 10.00. The Morgan fingerprint density at radius 2 is 1.95 bits per heavy atom. The summed E-state index contributed by atoms with van der Waals surface area (Å²) in [5.41, 5.74) is 0.613. The van der Waals surface area contributed by atoms with Crippen LogP contribution in [0, 0.1) is 5.92 Å². The lowest BCUT2D eigenvalue weighted by Gasteiger charge is -2.21. The molecule has 1 saturated heterocycles. The summed E-state index contributed by atoms with van der Waals surface area (Å²) in [4.78, 5) is 22.4. The number of esters is 1. The first-order chi connectivity index (χ1) is 9.15. The third-order valence-electron chi connectivity index (χ3n) is 3.22. The second-order valence-corrected chi connectivity index (χ2v) is 4.46. The summed E-state index contributed by atoms with van der Waals surface area (Å²) >= 11 is 0. The molecule has 6 heteroatoms. The Bertz CT molecular complexity index is 538. The van der Waals surface area contributed by atoms with E-state index in [1.165, 1.54) is 0 Å². The zero-order valence-corrected chi connectivity index (χ0v) is 10.00. The minimum absolute atomic E-state index is 0.103. The minimum atomic E-state index is -1.04. The van der Waals surface area contributed by atoms with E-state index in [1.54, 1.807) is 18.2 Å². The van der Waals surface area contributed by atoms with Gasteiger partial charge in [0.1, 0.15) is 25.2 Å². The third-order valence-corrected chi connectivity index (χ3v) is 3.22. The van der Waals surface area contributed by atoms with Crippen LogP contribution >= 0.6 is 0 Å². The zero-order chi connectivity index (χ0) is 13.4. The maximum absolute atomic E-state index is 11.3. The quantitative estimate of drug-likeness (QED) is 0.807. The van der Waals surface area contributed by atoms with Gasteiger partial charge in [0.15, 0.2) is 11.5 Å². The standard InChI is InChI=1S/C13H12O6/c14-11-6-8(13(15)16)12(19-11)7-1-2-9-10(5-7)18-4-3-17-9/h1-2,5,8,12H,3-4,6H2,(H,15,16)/t8-,12-/m1/s1. The van der Waals surface area contributed by atoms with Gasteiger partial charge in [0, 0.05) is 0 Å². The molecule has 0 saturated carbocycles.